The van der Waals surface area contributed by atoms with Crippen molar-refractivity contribution in [3.8, 4) is 5.75 Å². The highest BCUT2D eigenvalue weighted by Gasteiger charge is 2.58. The zero-order valence-corrected chi connectivity index (χ0v) is 38.3. The van der Waals surface area contributed by atoms with E-state index in [2.05, 4.69) is 10.0 Å². The van der Waals surface area contributed by atoms with Crippen molar-refractivity contribution in [3.05, 3.63) is 220 Å². The number of ether oxygens (including phenoxy) is 10. The molecule has 2 aliphatic heterocycles. The van der Waals surface area contributed by atoms with E-state index in [-0.39, 0.29) is 39.6 Å². The smallest absolute Gasteiger partial charge is 0.184 e. The Morgan fingerprint density at radius 1 is 0.522 bits per heavy atom. The Morgan fingerprint density at radius 3 is 1.32 bits per heavy atom. The first kappa shape index (κ1) is 48.1. The molecule has 3 fully saturated rings. The summed E-state index contributed by atoms with van der Waals surface area (Å²) < 4.78 is 67.2. The highest BCUT2D eigenvalue weighted by atomic mass is 16.8. The fourth-order valence-electron chi connectivity index (χ4n) is 9.01. The predicted octanol–water partition coefficient (Wildman–Crippen LogP) is 9.20. The number of benzene rings is 6. The minimum Gasteiger partial charge on any atom is -0.497 e. The summed E-state index contributed by atoms with van der Waals surface area (Å²) in [5, 5.41) is 16.2. The van der Waals surface area contributed by atoms with Crippen LogP contribution in [-0.4, -0.2) is 86.1 Å². The average Bonchev–Trinajstić information content (AvgIpc) is 3.41. The van der Waals surface area contributed by atoms with Gasteiger partial charge in [0.15, 0.2) is 12.6 Å². The summed E-state index contributed by atoms with van der Waals surface area (Å²) in [6.07, 6.45) is -10.7. The van der Waals surface area contributed by atoms with Gasteiger partial charge in [0, 0.05) is 10.5 Å². The molecule has 0 amide bonds. The Morgan fingerprint density at radius 2 is 0.913 bits per heavy atom. The Bertz CT molecular complexity index is 2490. The summed E-state index contributed by atoms with van der Waals surface area (Å²) in [6.45, 7) is 0.929. The quantitative estimate of drug-likeness (QED) is 0.0442. The van der Waals surface area contributed by atoms with Crippen molar-refractivity contribution < 1.29 is 52.5 Å². The average molecular weight is 936 g/mol. The van der Waals surface area contributed by atoms with E-state index in [4.69, 9.17) is 47.4 Å². The lowest BCUT2D eigenvalue weighted by atomic mass is 9.83. The number of rotatable bonds is 20. The third-order valence-electron chi connectivity index (χ3n) is 12.6. The van der Waals surface area contributed by atoms with Crippen LogP contribution in [0.25, 0.3) is 10.4 Å². The number of methoxy groups -OCH3 is 1. The second-order valence-electron chi connectivity index (χ2n) is 17.2. The molecule has 0 unspecified atom stereocenters. The van der Waals surface area contributed by atoms with Crippen LogP contribution in [0.5, 0.6) is 5.75 Å². The first-order chi connectivity index (χ1) is 34.0. The van der Waals surface area contributed by atoms with Crippen LogP contribution in [0.1, 0.15) is 39.7 Å². The van der Waals surface area contributed by atoms with Crippen molar-refractivity contribution >= 4 is 0 Å². The second-order valence-corrected chi connectivity index (χ2v) is 17.2. The summed E-state index contributed by atoms with van der Waals surface area (Å²) in [6, 6.07) is 55.2. The van der Waals surface area contributed by atoms with Crippen LogP contribution < -0.4 is 4.74 Å². The number of hydrogen-bond acceptors (Lipinski definition) is 12. The van der Waals surface area contributed by atoms with E-state index in [1.165, 1.54) is 0 Å². The van der Waals surface area contributed by atoms with E-state index in [9.17, 15) is 10.6 Å². The molecule has 2 saturated heterocycles. The van der Waals surface area contributed by atoms with Crippen molar-refractivity contribution in [1.29, 1.82) is 0 Å². The maximum atomic E-state index is 12.1. The zero-order chi connectivity index (χ0) is 47.2. The SMILES string of the molecule is COc1ccc(CO[C@H]2[C@@H](OCc3ccccc3)[C@@H](OCc3ccccc3)[C@H](OCc3ccccc3)[C@@H](OCc3ccccc3)[C@@H]2O[C@@H]2O[C@H]3CO[C@@H](c4ccccc4)O[C@@H]3[C@@H](O)[C@@H]2N=[N+]=[N-])cc1. The van der Waals surface area contributed by atoms with E-state index in [1.807, 2.05) is 176 Å². The van der Waals surface area contributed by atoms with Crippen LogP contribution in [0.2, 0.25) is 0 Å². The van der Waals surface area contributed by atoms with Crippen LogP contribution in [-0.2, 0) is 75.7 Å². The highest BCUT2D eigenvalue weighted by Crippen LogP contribution is 2.41. The van der Waals surface area contributed by atoms with Crippen LogP contribution in [0.3, 0.4) is 0 Å². The van der Waals surface area contributed by atoms with Crippen molar-refractivity contribution in [2.24, 2.45) is 5.11 Å². The van der Waals surface area contributed by atoms with Crippen molar-refractivity contribution in [1.82, 2.24) is 0 Å². The third-order valence-corrected chi connectivity index (χ3v) is 12.6. The maximum absolute atomic E-state index is 12.1. The number of nitrogens with zero attached hydrogens (tertiary/aromatic N) is 3. The number of aliphatic hydroxyl groups is 1. The molecular weight excluding hydrogens is 879 g/mol. The summed E-state index contributed by atoms with van der Waals surface area (Å²) in [4.78, 5) is 3.17. The van der Waals surface area contributed by atoms with Crippen molar-refractivity contribution in [3.63, 3.8) is 0 Å². The molecule has 14 nitrogen and oxygen atoms in total. The van der Waals surface area contributed by atoms with Gasteiger partial charge >= 0.3 is 0 Å². The molecule has 1 N–H and O–H groups in total. The van der Waals surface area contributed by atoms with Gasteiger partial charge in [-0.3, -0.25) is 0 Å². The maximum Gasteiger partial charge on any atom is 0.184 e. The molecule has 9 rings (SSSR count). The number of hydrogen-bond donors (Lipinski definition) is 1. The second kappa shape index (κ2) is 24.0. The predicted molar refractivity (Wildman–Crippen MR) is 254 cm³/mol. The largest absolute Gasteiger partial charge is 0.497 e. The first-order valence-electron chi connectivity index (χ1n) is 23.3. The Hall–Kier alpha value is -5.97. The molecule has 2 heterocycles. The molecule has 0 spiro atoms. The van der Waals surface area contributed by atoms with Crippen LogP contribution >= 0.6 is 0 Å². The fraction of sp³-hybridized carbons (Fsp3) is 0.345. The Balaban J connectivity index is 1.13. The highest BCUT2D eigenvalue weighted by molar-refractivity contribution is 5.27. The molecule has 14 heteroatoms. The molecule has 12 atom stereocenters. The minimum atomic E-state index is -1.36. The van der Waals surface area contributed by atoms with E-state index in [1.54, 1.807) is 7.11 Å². The van der Waals surface area contributed by atoms with Gasteiger partial charge in [0.1, 0.15) is 60.6 Å². The summed E-state index contributed by atoms with van der Waals surface area (Å²) in [5.41, 5.74) is 15.4. The van der Waals surface area contributed by atoms with E-state index in [0.717, 1.165) is 33.4 Å². The molecule has 358 valence electrons. The van der Waals surface area contributed by atoms with E-state index < -0.39 is 73.6 Å². The first-order valence-corrected chi connectivity index (χ1v) is 23.3. The van der Waals surface area contributed by atoms with Gasteiger partial charge in [0.05, 0.1) is 52.9 Å². The van der Waals surface area contributed by atoms with Crippen LogP contribution in [0.15, 0.2) is 181 Å². The Labute approximate surface area is 402 Å². The number of aliphatic hydroxyl groups excluding tert-OH is 1. The van der Waals surface area contributed by atoms with Gasteiger partial charge in [0.2, 0.25) is 0 Å². The lowest BCUT2D eigenvalue weighted by Crippen LogP contribution is -2.69. The molecule has 1 saturated carbocycles. The summed E-state index contributed by atoms with van der Waals surface area (Å²) in [7, 11) is 1.62. The molecule has 69 heavy (non-hydrogen) atoms. The van der Waals surface area contributed by atoms with Crippen LogP contribution in [0, 0.1) is 0 Å². The minimum absolute atomic E-state index is 0.0567. The van der Waals surface area contributed by atoms with Gasteiger partial charge in [-0.2, -0.15) is 0 Å². The lowest BCUT2D eigenvalue weighted by molar-refractivity contribution is -0.366. The monoisotopic (exact) mass is 935 g/mol. The van der Waals surface area contributed by atoms with E-state index in [0.29, 0.717) is 5.75 Å². The van der Waals surface area contributed by atoms with Crippen molar-refractivity contribution in [2.45, 2.75) is 107 Å². The summed E-state index contributed by atoms with van der Waals surface area (Å²) >= 11 is 0. The fourth-order valence-corrected chi connectivity index (χ4v) is 9.01. The summed E-state index contributed by atoms with van der Waals surface area (Å²) in [5.74, 6) is 0.699. The molecule has 3 aliphatic rings. The van der Waals surface area contributed by atoms with Gasteiger partial charge in [-0.25, -0.2) is 0 Å². The molecule has 1 aliphatic carbocycles. The van der Waals surface area contributed by atoms with E-state index >= 15 is 0 Å². The van der Waals surface area contributed by atoms with Gasteiger partial charge in [-0.1, -0.05) is 169 Å². The Kier molecular flexibility index (Phi) is 16.7. The number of fused-ring (bicyclic) bond motifs is 1. The van der Waals surface area contributed by atoms with Crippen molar-refractivity contribution in [2.75, 3.05) is 13.7 Å². The van der Waals surface area contributed by atoms with Gasteiger partial charge < -0.3 is 52.5 Å². The standard InChI is InChI=1S/C55H57N3O11/c1-60-43-29-27-41(28-30-43)35-65-52-50(63-33-39-21-11-4-12-22-39)48(61-31-37-17-7-2-8-18-37)49(62-32-38-19-9-3-10-20-38)51(64-34-40-23-13-5-14-24-40)53(52)69-55-45(57-58-56)46(59)47-44(67-55)36-66-54(68-47)42-25-15-6-16-26-42/h2-30,44-55,59H,31-36H2,1H3/t44-,45-,46-,47-,48-,49-,50-,51+,52-,53-,54+,55-/m0/s1. The topological polar surface area (TPSA) is 161 Å². The van der Waals surface area contributed by atoms with Gasteiger partial charge in [-0.05, 0) is 45.5 Å². The number of azide groups is 1. The van der Waals surface area contributed by atoms with Gasteiger partial charge in [-0.15, -0.1) is 0 Å². The molecule has 6 aromatic carbocycles. The molecule has 0 radical (unpaired) electrons. The van der Waals surface area contributed by atoms with Gasteiger partial charge in [0.25, 0.3) is 0 Å². The third kappa shape index (κ3) is 12.3. The molecule has 0 bridgehead atoms. The lowest BCUT2D eigenvalue weighted by Gasteiger charge is -2.52. The normalized spacial score (nSPS) is 27.7. The molecule has 6 aromatic rings. The zero-order valence-electron chi connectivity index (χ0n) is 38.3. The molecular formula is C55H57N3O11. The van der Waals surface area contributed by atoms with Crippen LogP contribution in [0.4, 0.5) is 0 Å². The molecule has 0 aromatic heterocycles.